The molecule has 2 aliphatic carbocycles. The van der Waals surface area contributed by atoms with E-state index < -0.39 is 0 Å². The van der Waals surface area contributed by atoms with E-state index in [2.05, 4.69) is 91.8 Å². The van der Waals surface area contributed by atoms with Crippen molar-refractivity contribution in [1.29, 1.82) is 0 Å². The number of pyridine rings is 1. The summed E-state index contributed by atoms with van der Waals surface area (Å²) < 4.78 is 0. The molecule has 2 fully saturated rings. The van der Waals surface area contributed by atoms with Gasteiger partial charge in [0.05, 0.1) is 5.69 Å². The summed E-state index contributed by atoms with van der Waals surface area (Å²) in [4.78, 5) is 6.71. The van der Waals surface area contributed by atoms with Crippen molar-refractivity contribution in [3.63, 3.8) is 0 Å². The van der Waals surface area contributed by atoms with Crippen LogP contribution in [0.1, 0.15) is 11.3 Å². The van der Waals surface area contributed by atoms with Gasteiger partial charge in [-0.25, -0.2) is 0 Å². The topological polar surface area (TPSA) is 16.1 Å². The number of hydrogen-bond acceptors (Lipinski definition) is 2. The third-order valence-electron chi connectivity index (χ3n) is 4.99. The van der Waals surface area contributed by atoms with Gasteiger partial charge in [-0.1, -0.05) is 42.5 Å². The molecule has 0 N–H and O–H groups in total. The molecule has 2 saturated carbocycles. The van der Waals surface area contributed by atoms with E-state index in [9.17, 15) is 0 Å². The molecule has 0 spiro atoms. The molecule has 0 bridgehead atoms. The molecule has 1 aromatic heterocycles. The van der Waals surface area contributed by atoms with Gasteiger partial charge in [-0.15, -0.1) is 0 Å². The Bertz CT molecular complexity index is 920. The van der Waals surface area contributed by atoms with E-state index in [1.807, 2.05) is 44.4 Å². The molecule has 2 aliphatic rings. The normalized spacial score (nSPS) is 16.7. The summed E-state index contributed by atoms with van der Waals surface area (Å²) in [5.74, 6) is 2.41. The summed E-state index contributed by atoms with van der Waals surface area (Å²) in [6, 6.07) is 19.2. The van der Waals surface area contributed by atoms with E-state index in [0.29, 0.717) is 0 Å². The third kappa shape index (κ3) is 5.25. The zero-order valence-electron chi connectivity index (χ0n) is 17.1. The SMILES string of the molecule is CN(C)c1ccnc([C]2[CH][CH][CH][C]2c2cccc3ccccc23)c1.[CH]1[CH][CH][CH][CH]1.[Fe+2]. The molecule has 3 heteroatoms. The monoisotopic (exact) mass is 432 g/mol. The fraction of sp³-hybridized carbons (Fsp3) is 0.0741. The van der Waals surface area contributed by atoms with E-state index in [-0.39, 0.29) is 17.1 Å². The van der Waals surface area contributed by atoms with Crippen molar-refractivity contribution < 1.29 is 17.1 Å². The van der Waals surface area contributed by atoms with Gasteiger partial charge in [0, 0.05) is 37.8 Å². The zero-order valence-corrected chi connectivity index (χ0v) is 18.2. The molecule has 2 aromatic carbocycles. The largest absolute Gasteiger partial charge is 2.00 e. The van der Waals surface area contributed by atoms with Crippen molar-refractivity contribution in [3.8, 4) is 0 Å². The van der Waals surface area contributed by atoms with Crippen LogP contribution in [0.3, 0.4) is 0 Å². The first-order valence-electron chi connectivity index (χ1n) is 9.78. The molecule has 148 valence electrons. The van der Waals surface area contributed by atoms with Gasteiger partial charge in [-0.05, 0) is 79.8 Å². The molecule has 0 saturated heterocycles. The van der Waals surface area contributed by atoms with Crippen LogP contribution in [-0.4, -0.2) is 19.1 Å². The van der Waals surface area contributed by atoms with E-state index in [1.165, 1.54) is 28.2 Å². The molecular formula is C27H24FeN2+2. The predicted molar refractivity (Wildman–Crippen MR) is 122 cm³/mol. The van der Waals surface area contributed by atoms with Crippen molar-refractivity contribution in [2.24, 2.45) is 0 Å². The van der Waals surface area contributed by atoms with Crippen LogP contribution in [-0.2, 0) is 17.1 Å². The van der Waals surface area contributed by atoms with E-state index in [1.54, 1.807) is 0 Å². The number of fused-ring (bicyclic) bond motifs is 1. The summed E-state index contributed by atoms with van der Waals surface area (Å²) >= 11 is 0. The van der Waals surface area contributed by atoms with Crippen LogP contribution in [0.4, 0.5) is 5.69 Å². The van der Waals surface area contributed by atoms with Crippen LogP contribution >= 0.6 is 0 Å². The average molecular weight is 432 g/mol. The number of aromatic nitrogens is 1. The summed E-state index contributed by atoms with van der Waals surface area (Å²) in [5, 5.41) is 2.54. The maximum Gasteiger partial charge on any atom is 2.00 e. The van der Waals surface area contributed by atoms with Crippen LogP contribution < -0.4 is 4.90 Å². The Hall–Kier alpha value is -1.83. The van der Waals surface area contributed by atoms with Crippen molar-refractivity contribution in [3.05, 3.63) is 135 Å². The molecule has 1 heterocycles. The minimum Gasteiger partial charge on any atom is -0.378 e. The van der Waals surface area contributed by atoms with Crippen LogP contribution in [0.25, 0.3) is 10.8 Å². The van der Waals surface area contributed by atoms with Crippen LogP contribution in [0.5, 0.6) is 0 Å². The predicted octanol–water partition coefficient (Wildman–Crippen LogP) is 5.49. The standard InChI is InChI=1S/C22H19N2.C5H5.Fe/c1-24(2)17-13-14-23-22(15-17)21-12-6-11-20(21)19-10-5-8-16-7-3-4-9-18(16)19;1-2-4-5-3-1;/h3-15H,1-2H3;1-5H;/q;;+2. The Morgan fingerprint density at radius 2 is 1.37 bits per heavy atom. The van der Waals surface area contributed by atoms with E-state index in [0.717, 1.165) is 11.4 Å². The van der Waals surface area contributed by atoms with Crippen molar-refractivity contribution in [2.75, 3.05) is 19.0 Å². The molecule has 0 atom stereocenters. The Morgan fingerprint density at radius 3 is 2.10 bits per heavy atom. The first-order chi connectivity index (χ1) is 14.2. The number of rotatable bonds is 3. The average Bonchev–Trinajstić information content (AvgIpc) is 3.48. The Morgan fingerprint density at radius 1 is 0.700 bits per heavy atom. The number of hydrogen-bond donors (Lipinski definition) is 0. The first-order valence-corrected chi connectivity index (χ1v) is 9.78. The number of nitrogens with zero attached hydrogens (tertiary/aromatic N) is 2. The van der Waals surface area contributed by atoms with Gasteiger partial charge in [-0.2, -0.15) is 0 Å². The van der Waals surface area contributed by atoms with E-state index >= 15 is 0 Å². The smallest absolute Gasteiger partial charge is 0.378 e. The second-order valence-corrected chi connectivity index (χ2v) is 7.14. The minimum absolute atomic E-state index is 0. The molecular weight excluding hydrogens is 408 g/mol. The maximum atomic E-state index is 4.60. The summed E-state index contributed by atoms with van der Waals surface area (Å²) in [7, 11) is 4.10. The fourth-order valence-electron chi connectivity index (χ4n) is 3.50. The van der Waals surface area contributed by atoms with Gasteiger partial charge in [0.15, 0.2) is 0 Å². The molecule has 0 unspecified atom stereocenters. The summed E-state index contributed by atoms with van der Waals surface area (Å²) in [6.07, 6.45) is 18.3. The number of benzene rings is 2. The Balaban J connectivity index is 0.000000376. The molecule has 5 rings (SSSR count). The van der Waals surface area contributed by atoms with Crippen LogP contribution in [0, 0.1) is 63.2 Å². The second-order valence-electron chi connectivity index (χ2n) is 7.14. The maximum absolute atomic E-state index is 4.60. The van der Waals surface area contributed by atoms with Gasteiger partial charge in [0.1, 0.15) is 0 Å². The summed E-state index contributed by atoms with van der Waals surface area (Å²) in [6.45, 7) is 0. The second kappa shape index (κ2) is 11.0. The molecule has 3 aromatic rings. The Labute approximate surface area is 192 Å². The molecule has 0 aliphatic heterocycles. The van der Waals surface area contributed by atoms with Gasteiger partial charge >= 0.3 is 17.1 Å². The molecule has 30 heavy (non-hydrogen) atoms. The van der Waals surface area contributed by atoms with Crippen LogP contribution in [0.15, 0.2) is 60.8 Å². The van der Waals surface area contributed by atoms with Gasteiger partial charge in [0.2, 0.25) is 0 Å². The third-order valence-corrected chi connectivity index (χ3v) is 4.99. The minimum atomic E-state index is 0. The quantitative estimate of drug-likeness (QED) is 0.509. The first kappa shape index (κ1) is 22.8. The van der Waals surface area contributed by atoms with Gasteiger partial charge in [0.25, 0.3) is 0 Å². The number of anilines is 1. The van der Waals surface area contributed by atoms with Crippen LogP contribution in [0.2, 0.25) is 0 Å². The van der Waals surface area contributed by atoms with E-state index in [4.69, 9.17) is 0 Å². The van der Waals surface area contributed by atoms with Crippen molar-refractivity contribution in [2.45, 2.75) is 0 Å². The fourth-order valence-corrected chi connectivity index (χ4v) is 3.50. The molecule has 10 radical (unpaired) electrons. The van der Waals surface area contributed by atoms with Gasteiger partial charge in [-0.3, -0.25) is 4.98 Å². The van der Waals surface area contributed by atoms with Crippen molar-refractivity contribution in [1.82, 2.24) is 4.98 Å². The van der Waals surface area contributed by atoms with Crippen molar-refractivity contribution >= 4 is 16.5 Å². The molecule has 0 amide bonds. The Kier molecular flexibility index (Phi) is 8.36. The summed E-state index contributed by atoms with van der Waals surface area (Å²) in [5.41, 5.74) is 3.42. The van der Waals surface area contributed by atoms with Gasteiger partial charge < -0.3 is 4.90 Å². The molecule has 2 nitrogen and oxygen atoms in total. The zero-order chi connectivity index (χ0) is 20.1.